The van der Waals surface area contributed by atoms with Gasteiger partial charge in [0.2, 0.25) is 0 Å². The molecule has 0 aliphatic carbocycles. The highest BCUT2D eigenvalue weighted by atomic mass is 19.1. The molecule has 0 amide bonds. The third-order valence-corrected chi connectivity index (χ3v) is 5.10. The van der Waals surface area contributed by atoms with Gasteiger partial charge >= 0.3 is 23.9 Å². The normalized spacial score (nSPS) is 10.3. The summed E-state index contributed by atoms with van der Waals surface area (Å²) in [6.07, 6.45) is 7.04. The summed E-state index contributed by atoms with van der Waals surface area (Å²) in [5.41, 5.74) is 1.33. The number of benzene rings is 3. The predicted molar refractivity (Wildman–Crippen MR) is 151 cm³/mol. The molecule has 3 aromatic rings. The van der Waals surface area contributed by atoms with Crippen LogP contribution in [0.15, 0.2) is 105 Å². The molecule has 0 spiro atoms. The lowest BCUT2D eigenvalue weighted by Gasteiger charge is -2.11. The summed E-state index contributed by atoms with van der Waals surface area (Å²) < 4.78 is 35.8. The van der Waals surface area contributed by atoms with Crippen LogP contribution in [0.4, 0.5) is 4.39 Å². The van der Waals surface area contributed by atoms with Crippen molar-refractivity contribution in [2.45, 2.75) is 0 Å². The van der Waals surface area contributed by atoms with Crippen LogP contribution in [0.1, 0.15) is 11.1 Å². The zero-order valence-corrected chi connectivity index (χ0v) is 21.6. The first-order valence-electron chi connectivity index (χ1n) is 11.8. The van der Waals surface area contributed by atoms with Crippen molar-refractivity contribution in [3.8, 4) is 34.1 Å². The molecule has 0 aliphatic rings. The highest BCUT2D eigenvalue weighted by Gasteiger charge is 2.13. The highest BCUT2D eigenvalue weighted by Crippen LogP contribution is 2.33. The molecule has 41 heavy (non-hydrogen) atoms. The fraction of sp³-hybridized carbons (Fsp3) is 0. The maximum atomic E-state index is 15.3. The van der Waals surface area contributed by atoms with Gasteiger partial charge in [-0.1, -0.05) is 50.6 Å². The first kappa shape index (κ1) is 29.7. The Morgan fingerprint density at radius 2 is 0.927 bits per heavy atom. The Bertz CT molecular complexity index is 1520. The summed E-state index contributed by atoms with van der Waals surface area (Å²) >= 11 is 0. The summed E-state index contributed by atoms with van der Waals surface area (Å²) in [6, 6.07) is 12.8. The largest absolute Gasteiger partial charge is 0.423 e. The summed E-state index contributed by atoms with van der Waals surface area (Å²) in [5, 5.41) is 0. The minimum absolute atomic E-state index is 0.00707. The Balaban J connectivity index is 1.95. The Kier molecular flexibility index (Phi) is 10.0. The van der Waals surface area contributed by atoms with Gasteiger partial charge in [-0.3, -0.25) is 0 Å². The van der Waals surface area contributed by atoms with E-state index in [1.54, 1.807) is 18.2 Å². The van der Waals surface area contributed by atoms with Gasteiger partial charge in [0, 0.05) is 42.0 Å². The van der Waals surface area contributed by atoms with E-state index in [0.29, 0.717) is 11.1 Å². The molecule has 0 N–H and O–H groups in total. The second-order valence-electron chi connectivity index (χ2n) is 8.00. The maximum absolute atomic E-state index is 15.3. The van der Waals surface area contributed by atoms with Gasteiger partial charge in [-0.05, 0) is 47.0 Å². The number of rotatable bonds is 11. The molecule has 3 rings (SSSR count). The molecule has 0 saturated heterocycles. The van der Waals surface area contributed by atoms with E-state index >= 15 is 4.39 Å². The van der Waals surface area contributed by atoms with Crippen LogP contribution in [-0.2, 0) is 19.2 Å². The molecule has 0 bridgehead atoms. The van der Waals surface area contributed by atoms with Gasteiger partial charge in [-0.25, -0.2) is 23.6 Å². The minimum Gasteiger partial charge on any atom is -0.423 e. The SMILES string of the molecule is C=CC(=O)Oc1cc(C=Cc2ccc(-c3cc(OC(=O)C=C)cc(OC(=O)C=C)c3)c(F)c2)cc(OC(=O)C=C)c1. The molecule has 3 aromatic carbocycles. The molecule has 0 aromatic heterocycles. The van der Waals surface area contributed by atoms with Crippen LogP contribution in [0.25, 0.3) is 23.3 Å². The van der Waals surface area contributed by atoms with Gasteiger partial charge < -0.3 is 18.9 Å². The molecule has 0 radical (unpaired) electrons. The molecular weight excluding hydrogens is 531 g/mol. The molecule has 0 heterocycles. The number of carbonyl (C=O) groups excluding carboxylic acids is 4. The lowest BCUT2D eigenvalue weighted by Crippen LogP contribution is -2.06. The standard InChI is InChI=1S/C32H23FO8/c1-5-29(34)38-23-13-21(14-24(18-23)39-30(35)6-2)10-9-20-11-12-27(28(33)15-20)22-16-25(40-31(36)7-3)19-26(17-22)41-32(37)8-4/h5-19H,1-4H2. The van der Waals surface area contributed by atoms with Gasteiger partial charge in [0.25, 0.3) is 0 Å². The first-order chi connectivity index (χ1) is 19.6. The van der Waals surface area contributed by atoms with Crippen molar-refractivity contribution in [3.63, 3.8) is 0 Å². The third-order valence-electron chi connectivity index (χ3n) is 5.10. The molecule has 9 heteroatoms. The number of hydrogen-bond donors (Lipinski definition) is 0. The van der Waals surface area contributed by atoms with E-state index in [1.807, 2.05) is 0 Å². The van der Waals surface area contributed by atoms with Crippen molar-refractivity contribution >= 4 is 36.0 Å². The number of hydrogen-bond acceptors (Lipinski definition) is 8. The smallest absolute Gasteiger partial charge is 0.335 e. The first-order valence-corrected chi connectivity index (χ1v) is 11.8. The average molecular weight is 555 g/mol. The summed E-state index contributed by atoms with van der Waals surface area (Å²) in [7, 11) is 0. The Labute approximate surface area is 234 Å². The van der Waals surface area contributed by atoms with E-state index in [1.165, 1.54) is 48.5 Å². The van der Waals surface area contributed by atoms with Gasteiger partial charge in [0.05, 0.1) is 0 Å². The van der Waals surface area contributed by atoms with Crippen LogP contribution >= 0.6 is 0 Å². The lowest BCUT2D eigenvalue weighted by molar-refractivity contribution is -0.130. The van der Waals surface area contributed by atoms with Gasteiger partial charge in [-0.2, -0.15) is 0 Å². The molecular formula is C32H23FO8. The van der Waals surface area contributed by atoms with Crippen molar-refractivity contribution in [1.29, 1.82) is 0 Å². The fourth-order valence-electron chi connectivity index (χ4n) is 3.35. The van der Waals surface area contributed by atoms with Crippen molar-refractivity contribution in [1.82, 2.24) is 0 Å². The van der Waals surface area contributed by atoms with Crippen LogP contribution in [0, 0.1) is 5.82 Å². The van der Waals surface area contributed by atoms with Gasteiger partial charge in [0.1, 0.15) is 28.8 Å². The van der Waals surface area contributed by atoms with E-state index in [0.717, 1.165) is 24.3 Å². The molecule has 0 atom stereocenters. The van der Waals surface area contributed by atoms with Crippen LogP contribution in [0.5, 0.6) is 23.0 Å². The summed E-state index contributed by atoms with van der Waals surface area (Å²) in [4.78, 5) is 46.7. The van der Waals surface area contributed by atoms with Crippen LogP contribution in [0.2, 0.25) is 0 Å². The second-order valence-corrected chi connectivity index (χ2v) is 8.00. The topological polar surface area (TPSA) is 105 Å². The number of carbonyl (C=O) groups is 4. The molecule has 0 fully saturated rings. The number of esters is 4. The highest BCUT2D eigenvalue weighted by molar-refractivity contribution is 5.86. The van der Waals surface area contributed by atoms with Crippen molar-refractivity contribution in [2.75, 3.05) is 0 Å². The fourth-order valence-corrected chi connectivity index (χ4v) is 3.35. The van der Waals surface area contributed by atoms with Crippen LogP contribution in [0.3, 0.4) is 0 Å². The van der Waals surface area contributed by atoms with Crippen LogP contribution in [-0.4, -0.2) is 23.9 Å². The monoisotopic (exact) mass is 554 g/mol. The Hall–Kier alpha value is -5.83. The van der Waals surface area contributed by atoms with Crippen LogP contribution < -0.4 is 18.9 Å². The van der Waals surface area contributed by atoms with Crippen molar-refractivity contribution in [2.24, 2.45) is 0 Å². The lowest BCUT2D eigenvalue weighted by atomic mass is 10.0. The van der Waals surface area contributed by atoms with E-state index in [4.69, 9.17) is 18.9 Å². The van der Waals surface area contributed by atoms with Crippen molar-refractivity contribution in [3.05, 3.63) is 122 Å². The zero-order valence-electron chi connectivity index (χ0n) is 21.6. The van der Waals surface area contributed by atoms with Crippen molar-refractivity contribution < 1.29 is 42.5 Å². The molecule has 0 unspecified atom stereocenters. The Morgan fingerprint density at radius 1 is 0.537 bits per heavy atom. The van der Waals surface area contributed by atoms with E-state index < -0.39 is 29.7 Å². The van der Waals surface area contributed by atoms with E-state index in [9.17, 15) is 19.2 Å². The van der Waals surface area contributed by atoms with Gasteiger partial charge in [-0.15, -0.1) is 0 Å². The molecule has 0 saturated carbocycles. The van der Waals surface area contributed by atoms with E-state index in [-0.39, 0.29) is 34.1 Å². The van der Waals surface area contributed by atoms with Gasteiger partial charge in [0.15, 0.2) is 0 Å². The maximum Gasteiger partial charge on any atom is 0.335 e. The second kappa shape index (κ2) is 13.8. The van der Waals surface area contributed by atoms with E-state index in [2.05, 4.69) is 26.3 Å². The summed E-state index contributed by atoms with van der Waals surface area (Å²) in [5.74, 6) is -3.36. The quantitative estimate of drug-likeness (QED) is 0.123. The average Bonchev–Trinajstić information content (AvgIpc) is 2.95. The molecule has 8 nitrogen and oxygen atoms in total. The third kappa shape index (κ3) is 8.59. The number of ether oxygens (including phenoxy) is 4. The molecule has 206 valence electrons. The minimum atomic E-state index is -0.755. The molecule has 0 aliphatic heterocycles. The zero-order chi connectivity index (χ0) is 29.9. The summed E-state index contributed by atoms with van der Waals surface area (Å²) in [6.45, 7) is 13.4. The number of halogens is 1. The predicted octanol–water partition coefficient (Wildman–Crippen LogP) is 6.03. The Morgan fingerprint density at radius 3 is 1.32 bits per heavy atom.